The number of hydrogen-bond donors (Lipinski definition) is 1. The smallest absolute Gasteiger partial charge is 0.309 e. The number of benzene rings is 1. The van der Waals surface area contributed by atoms with Gasteiger partial charge in [-0.2, -0.15) is 0 Å². The van der Waals surface area contributed by atoms with Gasteiger partial charge in [-0.15, -0.1) is 0 Å². The third-order valence-corrected chi connectivity index (χ3v) is 14.5. The van der Waals surface area contributed by atoms with E-state index >= 15 is 0 Å². The van der Waals surface area contributed by atoms with E-state index in [4.69, 9.17) is 4.74 Å². The van der Waals surface area contributed by atoms with Gasteiger partial charge in [0.25, 0.3) is 0 Å². The Morgan fingerprint density at radius 2 is 1.67 bits per heavy atom. The predicted octanol–water partition coefficient (Wildman–Crippen LogP) is 9.00. The van der Waals surface area contributed by atoms with Crippen molar-refractivity contribution in [2.75, 3.05) is 7.11 Å². The van der Waals surface area contributed by atoms with Crippen LogP contribution in [-0.2, 0) is 9.59 Å². The fraction of sp³-hybridized carbons (Fsp3) is 0.684. The predicted molar refractivity (Wildman–Crippen MR) is 168 cm³/mol. The van der Waals surface area contributed by atoms with Crippen molar-refractivity contribution >= 4 is 17.8 Å². The highest BCUT2D eigenvalue weighted by atomic mass is 16.5. The van der Waals surface area contributed by atoms with Crippen LogP contribution in [-0.4, -0.2) is 24.0 Å². The Hall–Kier alpha value is -2.36. The normalized spacial score (nSPS) is 44.9. The van der Waals surface area contributed by atoms with Gasteiger partial charge < -0.3 is 9.84 Å². The molecule has 5 saturated carbocycles. The van der Waals surface area contributed by atoms with Gasteiger partial charge in [0.05, 0.1) is 12.5 Å². The SMILES string of the molecule is C=C(C)C1CCC2(C(=O)O)CC[C@]3(C)C(CCC4[C@@]5(C)CC(=Cc6ccccc6OC)C(=O)C(C)(C)C5CC[C@]43C)C12. The van der Waals surface area contributed by atoms with E-state index in [0.717, 1.165) is 74.7 Å². The Morgan fingerprint density at radius 1 is 0.952 bits per heavy atom. The highest BCUT2D eigenvalue weighted by Crippen LogP contribution is 2.77. The van der Waals surface area contributed by atoms with Crippen LogP contribution in [0.25, 0.3) is 6.08 Å². The van der Waals surface area contributed by atoms with Crippen LogP contribution in [0.4, 0.5) is 0 Å². The first-order valence-corrected chi connectivity index (χ1v) is 16.4. The van der Waals surface area contributed by atoms with Crippen molar-refractivity contribution in [3.8, 4) is 5.75 Å². The average molecular weight is 573 g/mol. The lowest BCUT2D eigenvalue weighted by atomic mass is 9.32. The molecule has 0 spiro atoms. The van der Waals surface area contributed by atoms with Crippen molar-refractivity contribution in [2.45, 2.75) is 99.3 Å². The summed E-state index contributed by atoms with van der Waals surface area (Å²) in [5.74, 6) is 2.23. The molecule has 1 aromatic carbocycles. The molecule has 0 heterocycles. The summed E-state index contributed by atoms with van der Waals surface area (Å²) in [7, 11) is 1.69. The summed E-state index contributed by atoms with van der Waals surface area (Å²) in [6.07, 6.45) is 10.8. The van der Waals surface area contributed by atoms with E-state index in [1.165, 1.54) is 5.57 Å². The number of carbonyl (C=O) groups is 2. The maximum absolute atomic E-state index is 14.1. The molecular formula is C38H52O4. The van der Waals surface area contributed by atoms with Crippen LogP contribution < -0.4 is 4.74 Å². The lowest BCUT2D eigenvalue weighted by molar-refractivity contribution is -0.231. The minimum absolute atomic E-state index is 0.00297. The quantitative estimate of drug-likeness (QED) is 0.289. The number of allylic oxidation sites excluding steroid dienone is 2. The van der Waals surface area contributed by atoms with E-state index in [0.29, 0.717) is 29.5 Å². The van der Waals surface area contributed by atoms with Crippen molar-refractivity contribution in [3.05, 3.63) is 47.6 Å². The number of hydrogen-bond acceptors (Lipinski definition) is 3. The first-order chi connectivity index (χ1) is 19.7. The average Bonchev–Trinajstić information content (AvgIpc) is 3.34. The number of carboxylic acids is 1. The number of aliphatic carboxylic acids is 1. The van der Waals surface area contributed by atoms with Gasteiger partial charge >= 0.3 is 5.97 Å². The molecule has 4 heteroatoms. The molecule has 5 fully saturated rings. The van der Waals surface area contributed by atoms with Crippen LogP contribution in [0, 0.1) is 56.7 Å². The Bertz CT molecular complexity index is 1350. The van der Waals surface area contributed by atoms with Crippen LogP contribution in [0.2, 0.25) is 0 Å². The summed E-state index contributed by atoms with van der Waals surface area (Å²) >= 11 is 0. The number of fused-ring (bicyclic) bond motifs is 7. The molecule has 5 aliphatic rings. The summed E-state index contributed by atoms with van der Waals surface area (Å²) in [5, 5.41) is 10.7. The number of Topliss-reactive ketones (excluding diaryl/α,β-unsaturated/α-hetero) is 1. The van der Waals surface area contributed by atoms with Crippen LogP contribution in [0.15, 0.2) is 42.0 Å². The second kappa shape index (κ2) is 9.57. The molecule has 6 unspecified atom stereocenters. The molecule has 0 radical (unpaired) electrons. The van der Waals surface area contributed by atoms with E-state index < -0.39 is 16.8 Å². The van der Waals surface area contributed by atoms with E-state index in [2.05, 4.69) is 54.2 Å². The second-order valence-corrected chi connectivity index (χ2v) is 16.3. The lowest BCUT2D eigenvalue weighted by Gasteiger charge is -2.72. The van der Waals surface area contributed by atoms with Crippen LogP contribution >= 0.6 is 0 Å². The Morgan fingerprint density at radius 3 is 2.33 bits per heavy atom. The number of carbonyl (C=O) groups excluding carboxylic acids is 1. The van der Waals surface area contributed by atoms with Gasteiger partial charge in [-0.25, -0.2) is 0 Å². The van der Waals surface area contributed by atoms with Crippen molar-refractivity contribution in [1.82, 2.24) is 0 Å². The third-order valence-electron chi connectivity index (χ3n) is 14.5. The zero-order chi connectivity index (χ0) is 30.5. The highest BCUT2D eigenvalue weighted by Gasteiger charge is 2.72. The number of methoxy groups -OCH3 is 1. The summed E-state index contributed by atoms with van der Waals surface area (Å²) in [6, 6.07) is 8.01. The number of rotatable bonds is 4. The summed E-state index contributed by atoms with van der Waals surface area (Å²) < 4.78 is 5.66. The molecule has 42 heavy (non-hydrogen) atoms. The first-order valence-electron chi connectivity index (χ1n) is 16.4. The topological polar surface area (TPSA) is 63.6 Å². The number of carboxylic acid groups (broad SMARTS) is 1. The van der Waals surface area contributed by atoms with Gasteiger partial charge in [0.15, 0.2) is 5.78 Å². The first kappa shape index (κ1) is 29.7. The molecule has 1 N–H and O–H groups in total. The molecule has 6 rings (SSSR count). The van der Waals surface area contributed by atoms with Crippen LogP contribution in [0.1, 0.15) is 105 Å². The molecular weight excluding hydrogens is 520 g/mol. The second-order valence-electron chi connectivity index (χ2n) is 16.3. The van der Waals surface area contributed by atoms with Crippen molar-refractivity contribution in [3.63, 3.8) is 0 Å². The van der Waals surface area contributed by atoms with Crippen molar-refractivity contribution < 1.29 is 19.4 Å². The number of ketones is 1. The molecule has 0 aliphatic heterocycles. The van der Waals surface area contributed by atoms with Gasteiger partial charge in [0.2, 0.25) is 0 Å². The van der Waals surface area contributed by atoms with Gasteiger partial charge in [0, 0.05) is 11.0 Å². The molecule has 0 saturated heterocycles. The summed E-state index contributed by atoms with van der Waals surface area (Å²) in [5.41, 5.74) is 2.23. The maximum atomic E-state index is 14.1. The monoisotopic (exact) mass is 572 g/mol. The molecule has 4 nitrogen and oxygen atoms in total. The number of para-hydroxylation sites is 1. The lowest BCUT2D eigenvalue weighted by Crippen LogP contribution is -2.67. The minimum atomic E-state index is -0.595. The molecule has 9 atom stereocenters. The summed E-state index contributed by atoms with van der Waals surface area (Å²) in [4.78, 5) is 27.1. The Labute approximate surface area is 253 Å². The molecule has 0 bridgehead atoms. The highest BCUT2D eigenvalue weighted by molar-refractivity contribution is 6.04. The zero-order valence-corrected chi connectivity index (χ0v) is 27.0. The minimum Gasteiger partial charge on any atom is -0.496 e. The van der Waals surface area contributed by atoms with E-state index in [-0.39, 0.29) is 22.2 Å². The van der Waals surface area contributed by atoms with Gasteiger partial charge in [-0.05, 0) is 128 Å². The molecule has 228 valence electrons. The summed E-state index contributed by atoms with van der Waals surface area (Å²) in [6.45, 7) is 18.5. The Kier molecular flexibility index (Phi) is 6.77. The van der Waals surface area contributed by atoms with Crippen molar-refractivity contribution in [1.29, 1.82) is 0 Å². The van der Waals surface area contributed by atoms with Gasteiger partial charge in [0.1, 0.15) is 5.75 Å². The standard InChI is InChI=1S/C38H52O4/c1-23(2)26-15-18-38(33(40)41)20-19-36(6)27(31(26)38)13-14-30-35(5)22-25(21-24-11-9-10-12-28(24)42-8)32(39)34(3,4)29(35)16-17-37(30,36)7/h9-12,21,26-27,29-31H,1,13-20,22H2,2-8H3,(H,40,41)/t26?,27?,29?,30?,31?,35-,36+,37+,38?/m0/s1. The van der Waals surface area contributed by atoms with E-state index in [1.807, 2.05) is 24.3 Å². The molecule has 0 amide bonds. The van der Waals surface area contributed by atoms with Gasteiger partial charge in [-0.1, -0.05) is 65.0 Å². The molecule has 0 aromatic heterocycles. The fourth-order valence-electron chi connectivity index (χ4n) is 12.5. The van der Waals surface area contributed by atoms with E-state index in [1.54, 1.807) is 7.11 Å². The number of ether oxygens (including phenoxy) is 1. The molecule has 5 aliphatic carbocycles. The third kappa shape index (κ3) is 3.71. The van der Waals surface area contributed by atoms with E-state index in [9.17, 15) is 14.7 Å². The van der Waals surface area contributed by atoms with Crippen LogP contribution in [0.3, 0.4) is 0 Å². The Balaban J connectivity index is 1.42. The zero-order valence-electron chi connectivity index (χ0n) is 27.0. The maximum Gasteiger partial charge on any atom is 0.309 e. The largest absolute Gasteiger partial charge is 0.496 e. The van der Waals surface area contributed by atoms with Gasteiger partial charge in [-0.3, -0.25) is 9.59 Å². The molecule has 1 aromatic rings. The fourth-order valence-corrected chi connectivity index (χ4v) is 12.5. The van der Waals surface area contributed by atoms with Crippen molar-refractivity contribution in [2.24, 2.45) is 56.7 Å². The van der Waals surface area contributed by atoms with Crippen LogP contribution in [0.5, 0.6) is 5.75 Å².